The maximum Gasteiger partial charge on any atom is 0.164 e. The average Bonchev–Trinajstić information content (AvgIpc) is 2.99. The Labute approximate surface area is 202 Å². The second kappa shape index (κ2) is 8.20. The molecule has 0 aromatic heterocycles. The lowest BCUT2D eigenvalue weighted by molar-refractivity contribution is -0.186. The first-order chi connectivity index (χ1) is 15.6. The zero-order valence-corrected chi connectivity index (χ0v) is 21.1. The Balaban J connectivity index is 1.73. The number of hydrogen-bond donors (Lipinski definition) is 5. The van der Waals surface area contributed by atoms with Gasteiger partial charge in [-0.05, 0) is 68.4 Å². The molecular weight excluding hydrogens is 436 g/mol. The Morgan fingerprint density at radius 2 is 1.79 bits per heavy atom. The summed E-state index contributed by atoms with van der Waals surface area (Å²) in [6.45, 7) is 9.28. The summed E-state index contributed by atoms with van der Waals surface area (Å²) in [6, 6.07) is 0. The monoisotopic (exact) mass is 478 g/mol. The van der Waals surface area contributed by atoms with Gasteiger partial charge in [-0.3, -0.25) is 9.59 Å². The second-order valence-electron chi connectivity index (χ2n) is 12.8. The van der Waals surface area contributed by atoms with E-state index < -0.39 is 58.1 Å². The number of carbonyl (C=O) groups is 2. The van der Waals surface area contributed by atoms with Crippen molar-refractivity contribution in [2.45, 2.75) is 109 Å². The number of ketones is 2. The molecule has 3 fully saturated rings. The lowest BCUT2D eigenvalue weighted by atomic mass is 9.45. The molecule has 5 N–H and O–H groups in total. The van der Waals surface area contributed by atoms with E-state index in [1.165, 1.54) is 13.0 Å². The Bertz CT molecular complexity index is 893. The third-order valence-corrected chi connectivity index (χ3v) is 10.2. The molecule has 0 radical (unpaired) electrons. The van der Waals surface area contributed by atoms with Gasteiger partial charge in [0.05, 0.1) is 23.9 Å². The quantitative estimate of drug-likeness (QED) is 0.407. The van der Waals surface area contributed by atoms with Gasteiger partial charge in [-0.15, -0.1) is 0 Å². The fourth-order valence-electron chi connectivity index (χ4n) is 8.26. The number of aliphatic hydroxyl groups excluding tert-OH is 3. The normalized spacial score (nSPS) is 48.0. The molecule has 10 atom stereocenters. The van der Waals surface area contributed by atoms with Gasteiger partial charge in [0.15, 0.2) is 11.6 Å². The van der Waals surface area contributed by atoms with Crippen molar-refractivity contribution in [1.29, 1.82) is 0 Å². The maximum absolute atomic E-state index is 13.3. The molecule has 0 heterocycles. The highest BCUT2D eigenvalue weighted by molar-refractivity contribution is 5.95. The van der Waals surface area contributed by atoms with Crippen LogP contribution in [0.2, 0.25) is 0 Å². The number of aliphatic hydroxyl groups is 5. The molecule has 0 spiro atoms. The van der Waals surface area contributed by atoms with E-state index in [2.05, 4.69) is 0 Å². The average molecular weight is 479 g/mol. The Kier molecular flexibility index (Phi) is 6.26. The lowest BCUT2D eigenvalue weighted by Gasteiger charge is -2.61. The fourth-order valence-corrected chi connectivity index (χ4v) is 8.26. The molecule has 7 heteroatoms. The van der Waals surface area contributed by atoms with E-state index in [1.54, 1.807) is 0 Å². The van der Waals surface area contributed by atoms with Crippen LogP contribution >= 0.6 is 0 Å². The van der Waals surface area contributed by atoms with Gasteiger partial charge in [0, 0.05) is 29.6 Å². The third-order valence-electron chi connectivity index (χ3n) is 10.2. The highest BCUT2D eigenvalue weighted by Gasteiger charge is 2.71. The molecule has 4 aliphatic carbocycles. The molecular formula is C27H42O7. The maximum atomic E-state index is 13.3. The summed E-state index contributed by atoms with van der Waals surface area (Å²) in [5.74, 6) is -1.78. The van der Waals surface area contributed by atoms with Crippen LogP contribution in [0.4, 0.5) is 0 Å². The number of carbonyl (C=O) groups excluding carboxylic acids is 2. The summed E-state index contributed by atoms with van der Waals surface area (Å²) in [5, 5.41) is 55.8. The first kappa shape index (κ1) is 26.0. The topological polar surface area (TPSA) is 135 Å². The van der Waals surface area contributed by atoms with Crippen LogP contribution in [-0.2, 0) is 9.59 Å². The molecule has 0 amide bonds. The predicted octanol–water partition coefficient (Wildman–Crippen LogP) is 1.92. The van der Waals surface area contributed by atoms with Crippen molar-refractivity contribution >= 4 is 11.6 Å². The number of rotatable bonds is 5. The van der Waals surface area contributed by atoms with Gasteiger partial charge in [0.2, 0.25) is 0 Å². The SMILES string of the molecule is CC(C)CCC(=O)[C@](C)(O)[C@H]1CC[C@@]2(O)C3=CC(=O)[C@@H]4C[C@@H](O)[C@@H](O)C[C@]4(C)[C@H]3[C@H](O)C[C@]12C. The Morgan fingerprint density at radius 1 is 1.15 bits per heavy atom. The van der Waals surface area contributed by atoms with Crippen LogP contribution in [-0.4, -0.2) is 66.6 Å². The van der Waals surface area contributed by atoms with Crippen LogP contribution in [0, 0.1) is 34.5 Å². The van der Waals surface area contributed by atoms with E-state index in [4.69, 9.17) is 0 Å². The van der Waals surface area contributed by atoms with E-state index in [0.717, 1.165) is 0 Å². The summed E-state index contributed by atoms with van der Waals surface area (Å²) < 4.78 is 0. The third kappa shape index (κ3) is 3.49. The van der Waals surface area contributed by atoms with E-state index in [1.807, 2.05) is 27.7 Å². The van der Waals surface area contributed by atoms with Crippen LogP contribution < -0.4 is 0 Å². The first-order valence-corrected chi connectivity index (χ1v) is 12.9. The Morgan fingerprint density at radius 3 is 2.41 bits per heavy atom. The minimum Gasteiger partial charge on any atom is -0.392 e. The zero-order valence-electron chi connectivity index (χ0n) is 21.1. The summed E-state index contributed by atoms with van der Waals surface area (Å²) in [6.07, 6.45) is 0.624. The minimum atomic E-state index is -1.66. The second-order valence-corrected chi connectivity index (χ2v) is 12.8. The molecule has 0 aromatic carbocycles. The van der Waals surface area contributed by atoms with Gasteiger partial charge in [-0.1, -0.05) is 27.7 Å². The first-order valence-electron chi connectivity index (χ1n) is 12.9. The van der Waals surface area contributed by atoms with Crippen LogP contribution in [0.3, 0.4) is 0 Å². The van der Waals surface area contributed by atoms with Gasteiger partial charge >= 0.3 is 0 Å². The van der Waals surface area contributed by atoms with E-state index in [9.17, 15) is 35.1 Å². The molecule has 0 unspecified atom stereocenters. The fraction of sp³-hybridized carbons (Fsp3) is 0.852. The van der Waals surface area contributed by atoms with Crippen molar-refractivity contribution in [3.63, 3.8) is 0 Å². The van der Waals surface area contributed by atoms with E-state index in [0.29, 0.717) is 24.3 Å². The molecule has 0 bridgehead atoms. The van der Waals surface area contributed by atoms with Gasteiger partial charge in [-0.25, -0.2) is 0 Å². The molecule has 34 heavy (non-hydrogen) atoms. The molecule has 192 valence electrons. The molecule has 4 aliphatic rings. The summed E-state index contributed by atoms with van der Waals surface area (Å²) >= 11 is 0. The van der Waals surface area contributed by atoms with Crippen molar-refractivity contribution in [3.05, 3.63) is 11.6 Å². The predicted molar refractivity (Wildman–Crippen MR) is 126 cm³/mol. The van der Waals surface area contributed by atoms with E-state index in [-0.39, 0.29) is 43.7 Å². The number of Topliss-reactive ketones (excluding diaryl/α,β-unsaturated/α-hetero) is 1. The largest absolute Gasteiger partial charge is 0.392 e. The van der Waals surface area contributed by atoms with Gasteiger partial charge in [0.1, 0.15) is 5.60 Å². The summed E-state index contributed by atoms with van der Waals surface area (Å²) in [4.78, 5) is 26.3. The molecule has 0 aliphatic heterocycles. The number of hydrogen-bond acceptors (Lipinski definition) is 7. The number of allylic oxidation sites excluding steroid dienone is 1. The van der Waals surface area contributed by atoms with Crippen molar-refractivity contribution in [1.82, 2.24) is 0 Å². The standard InChI is InChI=1S/C27H42O7/c1-14(2)6-7-22(32)26(5,33)21-8-9-27(34)16-11-17(28)15-10-18(29)19(30)12-24(15,3)23(16)20(31)13-25(21,27)4/h11,14-15,18-21,23,29-31,33-34H,6-10,12-13H2,1-5H3/t15-,18+,19-,20+,21-,23+,24-,25+,26+,27+/m0/s1. The summed E-state index contributed by atoms with van der Waals surface area (Å²) in [5.41, 5.74) is -4.44. The van der Waals surface area contributed by atoms with Gasteiger partial charge in [0.25, 0.3) is 0 Å². The van der Waals surface area contributed by atoms with Gasteiger partial charge in [-0.2, -0.15) is 0 Å². The smallest absolute Gasteiger partial charge is 0.164 e. The molecule has 0 aromatic rings. The number of fused-ring (bicyclic) bond motifs is 5. The van der Waals surface area contributed by atoms with Crippen molar-refractivity contribution in [2.75, 3.05) is 0 Å². The van der Waals surface area contributed by atoms with Crippen LogP contribution in [0.1, 0.15) is 79.6 Å². The van der Waals surface area contributed by atoms with Crippen LogP contribution in [0.25, 0.3) is 0 Å². The molecule has 0 saturated heterocycles. The Hall–Kier alpha value is -1.12. The van der Waals surface area contributed by atoms with Crippen LogP contribution in [0.5, 0.6) is 0 Å². The molecule has 3 saturated carbocycles. The van der Waals surface area contributed by atoms with E-state index >= 15 is 0 Å². The molecule has 7 nitrogen and oxygen atoms in total. The highest BCUT2D eigenvalue weighted by atomic mass is 16.3. The lowest BCUT2D eigenvalue weighted by Crippen LogP contribution is -2.66. The van der Waals surface area contributed by atoms with Crippen molar-refractivity contribution < 1.29 is 35.1 Å². The molecule has 4 rings (SSSR count). The minimum absolute atomic E-state index is 0.126. The van der Waals surface area contributed by atoms with Crippen LogP contribution in [0.15, 0.2) is 11.6 Å². The van der Waals surface area contributed by atoms with Crippen molar-refractivity contribution in [2.24, 2.45) is 34.5 Å². The van der Waals surface area contributed by atoms with Crippen molar-refractivity contribution in [3.8, 4) is 0 Å². The zero-order chi connectivity index (χ0) is 25.4. The highest BCUT2D eigenvalue weighted by Crippen LogP contribution is 2.68. The summed E-state index contributed by atoms with van der Waals surface area (Å²) in [7, 11) is 0. The van der Waals surface area contributed by atoms with Gasteiger partial charge < -0.3 is 25.5 Å².